The molecule has 1 aromatic rings. The molecule has 0 saturated heterocycles. The van der Waals surface area contributed by atoms with E-state index in [0.717, 1.165) is 49.5 Å². The van der Waals surface area contributed by atoms with E-state index in [1.807, 2.05) is 0 Å². The molecule has 0 aromatic heterocycles. The monoisotopic (exact) mass is 482 g/mol. The fourth-order valence-corrected chi connectivity index (χ4v) is 6.63. The van der Waals surface area contributed by atoms with Gasteiger partial charge in [0.15, 0.2) is 0 Å². The number of halogens is 4. The molecule has 2 fully saturated rings. The zero-order valence-electron chi connectivity index (χ0n) is 21.3. The van der Waals surface area contributed by atoms with Crippen LogP contribution in [-0.4, -0.2) is 0 Å². The Balaban J connectivity index is 1.30. The number of benzene rings is 1. The highest BCUT2D eigenvalue weighted by Gasteiger charge is 2.34. The van der Waals surface area contributed by atoms with Gasteiger partial charge in [-0.3, -0.25) is 0 Å². The van der Waals surface area contributed by atoms with E-state index in [4.69, 9.17) is 0 Å². The van der Waals surface area contributed by atoms with Crippen LogP contribution in [0, 0.1) is 23.6 Å². The van der Waals surface area contributed by atoms with Gasteiger partial charge in [-0.2, -0.15) is 13.2 Å². The summed E-state index contributed by atoms with van der Waals surface area (Å²) < 4.78 is 52.9. The lowest BCUT2D eigenvalue weighted by molar-refractivity contribution is -0.137. The zero-order valence-corrected chi connectivity index (χ0v) is 21.3. The van der Waals surface area contributed by atoms with Gasteiger partial charge in [0.05, 0.1) is 5.56 Å². The quantitative estimate of drug-likeness (QED) is 0.205. The van der Waals surface area contributed by atoms with Crippen LogP contribution in [0.3, 0.4) is 0 Å². The first kappa shape index (κ1) is 27.5. The molecule has 0 heterocycles. The maximum Gasteiger partial charge on any atom is 0.416 e. The van der Waals surface area contributed by atoms with Crippen molar-refractivity contribution >= 4 is 0 Å². The van der Waals surface area contributed by atoms with Crippen molar-refractivity contribution in [3.05, 3.63) is 35.1 Å². The number of hydrogen-bond donors (Lipinski definition) is 0. The van der Waals surface area contributed by atoms with E-state index in [0.29, 0.717) is 11.6 Å². The van der Waals surface area contributed by atoms with Crippen LogP contribution in [0.25, 0.3) is 0 Å². The molecule has 0 bridgehead atoms. The number of rotatable bonds is 12. The minimum absolute atomic E-state index is 0.0708. The molecule has 0 N–H and O–H groups in total. The minimum Gasteiger partial charge on any atom is -0.207 e. The lowest BCUT2D eigenvalue weighted by Gasteiger charge is -2.38. The first-order chi connectivity index (χ1) is 16.4. The SMILES string of the molecule is CCCCCCCCCCCC1CCC(C2CCC(c3ccc(C(F)(F)F)cc3F)CC2)CC1. The van der Waals surface area contributed by atoms with Gasteiger partial charge in [-0.05, 0) is 79.9 Å². The first-order valence-electron chi connectivity index (χ1n) is 14.2. The van der Waals surface area contributed by atoms with Crippen LogP contribution in [-0.2, 0) is 6.18 Å². The molecule has 3 rings (SSSR count). The topological polar surface area (TPSA) is 0 Å². The summed E-state index contributed by atoms with van der Waals surface area (Å²) in [6, 6.07) is 3.09. The third-order valence-corrected chi connectivity index (χ3v) is 8.81. The Kier molecular flexibility index (Phi) is 11.2. The minimum atomic E-state index is -4.48. The maximum atomic E-state index is 14.4. The Morgan fingerprint density at radius 1 is 0.706 bits per heavy atom. The van der Waals surface area contributed by atoms with Crippen molar-refractivity contribution in [3.63, 3.8) is 0 Å². The zero-order chi connectivity index (χ0) is 24.4. The molecule has 0 nitrogen and oxygen atoms in total. The second kappa shape index (κ2) is 13.9. The highest BCUT2D eigenvalue weighted by molar-refractivity contribution is 5.29. The molecule has 4 heteroatoms. The maximum absolute atomic E-state index is 14.4. The molecule has 0 spiro atoms. The lowest BCUT2D eigenvalue weighted by Crippen LogP contribution is -2.25. The molecule has 2 aliphatic carbocycles. The van der Waals surface area contributed by atoms with E-state index in [2.05, 4.69) is 6.92 Å². The van der Waals surface area contributed by atoms with Gasteiger partial charge >= 0.3 is 6.18 Å². The van der Waals surface area contributed by atoms with Gasteiger partial charge in [0.2, 0.25) is 0 Å². The van der Waals surface area contributed by atoms with Crippen molar-refractivity contribution < 1.29 is 17.6 Å². The summed E-state index contributed by atoms with van der Waals surface area (Å²) in [6.45, 7) is 2.27. The summed E-state index contributed by atoms with van der Waals surface area (Å²) in [5, 5.41) is 0. The Hall–Kier alpha value is -1.06. The molecule has 0 aliphatic heterocycles. The standard InChI is InChI=1S/C30H46F4/c1-2-3-4-5-6-7-8-9-10-11-23-12-14-24(15-13-23)25-16-18-26(19-17-25)28-21-20-27(22-29(28)31)30(32,33)34/h20-26H,2-19H2,1H3. The van der Waals surface area contributed by atoms with Gasteiger partial charge in [0, 0.05) is 0 Å². The molecule has 194 valence electrons. The van der Waals surface area contributed by atoms with Crippen molar-refractivity contribution in [3.8, 4) is 0 Å². The van der Waals surface area contributed by atoms with Gasteiger partial charge in [-0.25, -0.2) is 4.39 Å². The lowest BCUT2D eigenvalue weighted by atomic mass is 9.68. The highest BCUT2D eigenvalue weighted by atomic mass is 19.4. The van der Waals surface area contributed by atoms with Crippen LogP contribution in [0.2, 0.25) is 0 Å². The third-order valence-electron chi connectivity index (χ3n) is 8.81. The van der Waals surface area contributed by atoms with Gasteiger partial charge in [-0.1, -0.05) is 90.0 Å². The summed E-state index contributed by atoms with van der Waals surface area (Å²) in [5.74, 6) is 1.83. The second-order valence-corrected chi connectivity index (χ2v) is 11.2. The Labute approximate surface area is 205 Å². The van der Waals surface area contributed by atoms with Crippen LogP contribution in [0.15, 0.2) is 18.2 Å². The first-order valence-corrected chi connectivity index (χ1v) is 14.2. The molecule has 0 atom stereocenters. The Morgan fingerprint density at radius 3 is 1.76 bits per heavy atom. The van der Waals surface area contributed by atoms with Crippen LogP contribution in [0.1, 0.15) is 140 Å². The molecule has 2 aliphatic rings. The fraction of sp³-hybridized carbons (Fsp3) is 0.800. The molecule has 0 unspecified atom stereocenters. The van der Waals surface area contributed by atoms with E-state index >= 15 is 0 Å². The Morgan fingerprint density at radius 2 is 1.24 bits per heavy atom. The van der Waals surface area contributed by atoms with Crippen molar-refractivity contribution in [1.82, 2.24) is 0 Å². The van der Waals surface area contributed by atoms with Crippen molar-refractivity contribution in [2.75, 3.05) is 0 Å². The van der Waals surface area contributed by atoms with Crippen molar-refractivity contribution in [2.45, 2.75) is 135 Å². The number of hydrogen-bond acceptors (Lipinski definition) is 0. The summed E-state index contributed by atoms with van der Waals surface area (Å²) in [4.78, 5) is 0. The summed E-state index contributed by atoms with van der Waals surface area (Å²) in [5.41, 5.74) is -0.405. The third kappa shape index (κ3) is 8.55. The van der Waals surface area contributed by atoms with E-state index in [1.165, 1.54) is 96.0 Å². The summed E-state index contributed by atoms with van der Waals surface area (Å²) in [6.07, 6.45) is 18.9. The molecule has 0 amide bonds. The molecule has 2 saturated carbocycles. The smallest absolute Gasteiger partial charge is 0.207 e. The molecular formula is C30H46F4. The van der Waals surface area contributed by atoms with E-state index in [9.17, 15) is 17.6 Å². The van der Waals surface area contributed by atoms with Gasteiger partial charge in [0.25, 0.3) is 0 Å². The second-order valence-electron chi connectivity index (χ2n) is 11.2. The normalized spacial score (nSPS) is 26.0. The number of unbranched alkanes of at least 4 members (excludes halogenated alkanes) is 8. The van der Waals surface area contributed by atoms with Crippen molar-refractivity contribution in [2.24, 2.45) is 17.8 Å². The summed E-state index contributed by atoms with van der Waals surface area (Å²) >= 11 is 0. The molecule has 34 heavy (non-hydrogen) atoms. The molecule has 0 radical (unpaired) electrons. The summed E-state index contributed by atoms with van der Waals surface area (Å²) in [7, 11) is 0. The predicted molar refractivity (Wildman–Crippen MR) is 133 cm³/mol. The van der Waals surface area contributed by atoms with Gasteiger partial charge in [0.1, 0.15) is 5.82 Å². The van der Waals surface area contributed by atoms with Crippen LogP contribution in [0.4, 0.5) is 17.6 Å². The van der Waals surface area contributed by atoms with Gasteiger partial charge < -0.3 is 0 Å². The van der Waals surface area contributed by atoms with E-state index in [1.54, 1.807) is 0 Å². The van der Waals surface area contributed by atoms with Crippen LogP contribution < -0.4 is 0 Å². The average Bonchev–Trinajstić information content (AvgIpc) is 2.83. The fourth-order valence-electron chi connectivity index (χ4n) is 6.63. The van der Waals surface area contributed by atoms with Crippen LogP contribution >= 0.6 is 0 Å². The van der Waals surface area contributed by atoms with E-state index < -0.39 is 17.6 Å². The predicted octanol–water partition coefficient (Wildman–Crippen LogP) is 10.8. The Bertz CT molecular complexity index is 694. The van der Waals surface area contributed by atoms with E-state index in [-0.39, 0.29) is 5.92 Å². The average molecular weight is 483 g/mol. The largest absolute Gasteiger partial charge is 0.416 e. The highest BCUT2D eigenvalue weighted by Crippen LogP contribution is 2.45. The van der Waals surface area contributed by atoms with Gasteiger partial charge in [-0.15, -0.1) is 0 Å². The van der Waals surface area contributed by atoms with Crippen molar-refractivity contribution in [1.29, 1.82) is 0 Å². The number of alkyl halides is 3. The molecular weight excluding hydrogens is 436 g/mol. The van der Waals surface area contributed by atoms with Crippen LogP contribution in [0.5, 0.6) is 0 Å². The molecule has 1 aromatic carbocycles.